The third kappa shape index (κ3) is 4.70. The molecule has 2 rings (SSSR count). The summed E-state index contributed by atoms with van der Waals surface area (Å²) in [6.07, 6.45) is 0. The van der Waals surface area contributed by atoms with Gasteiger partial charge in [-0.05, 0) is 23.6 Å². The smallest absolute Gasteiger partial charge is 0.123 e. The van der Waals surface area contributed by atoms with Crippen molar-refractivity contribution < 1.29 is 9.84 Å². The summed E-state index contributed by atoms with van der Waals surface area (Å²) in [5.74, 6) is 1.65. The lowest BCUT2D eigenvalue weighted by molar-refractivity contribution is 0.117. The molecule has 1 aromatic carbocycles. The first-order chi connectivity index (χ1) is 10.1. The van der Waals surface area contributed by atoms with Crippen molar-refractivity contribution in [2.24, 2.45) is 5.92 Å². The van der Waals surface area contributed by atoms with E-state index in [2.05, 4.69) is 29.7 Å². The summed E-state index contributed by atoms with van der Waals surface area (Å²) in [6, 6.07) is 5.93. The van der Waals surface area contributed by atoms with Crippen molar-refractivity contribution in [1.82, 2.24) is 9.80 Å². The Bertz CT molecular complexity index is 440. The van der Waals surface area contributed by atoms with Gasteiger partial charge in [0.05, 0.1) is 13.7 Å². The van der Waals surface area contributed by atoms with Crippen LogP contribution in [0.5, 0.6) is 5.75 Å². The van der Waals surface area contributed by atoms with Gasteiger partial charge in [0.15, 0.2) is 0 Å². The van der Waals surface area contributed by atoms with Crippen molar-refractivity contribution >= 4 is 0 Å². The number of aliphatic hydroxyl groups excluding tert-OH is 1. The molecule has 1 aliphatic rings. The van der Waals surface area contributed by atoms with Crippen molar-refractivity contribution in [3.8, 4) is 5.75 Å². The maximum atomic E-state index is 9.29. The number of piperazine rings is 1. The van der Waals surface area contributed by atoms with Crippen LogP contribution in [0.3, 0.4) is 0 Å². The number of benzene rings is 1. The van der Waals surface area contributed by atoms with Crippen LogP contribution < -0.4 is 4.74 Å². The van der Waals surface area contributed by atoms with Gasteiger partial charge in [0.25, 0.3) is 0 Å². The summed E-state index contributed by atoms with van der Waals surface area (Å²) in [5, 5.41) is 9.29. The van der Waals surface area contributed by atoms with E-state index < -0.39 is 0 Å². The number of aliphatic hydroxyl groups is 1. The zero-order valence-corrected chi connectivity index (χ0v) is 13.5. The number of hydrogen-bond acceptors (Lipinski definition) is 4. The third-order valence-corrected chi connectivity index (χ3v) is 4.01. The Morgan fingerprint density at radius 2 is 1.81 bits per heavy atom. The number of nitrogens with zero attached hydrogens (tertiary/aromatic N) is 2. The standard InChI is InChI=1S/C17H28N2O2/c1-14(2)11-18-6-8-19(9-7-18)12-16-10-15(13-20)4-5-17(16)21-3/h4-5,10,14,20H,6-9,11-13H2,1-3H3. The molecule has 4 heteroatoms. The van der Waals surface area contributed by atoms with E-state index in [0.717, 1.165) is 50.0 Å². The number of methoxy groups -OCH3 is 1. The maximum Gasteiger partial charge on any atom is 0.123 e. The van der Waals surface area contributed by atoms with E-state index in [9.17, 15) is 5.11 Å². The minimum Gasteiger partial charge on any atom is -0.496 e. The zero-order chi connectivity index (χ0) is 15.2. The highest BCUT2D eigenvalue weighted by atomic mass is 16.5. The van der Waals surface area contributed by atoms with Crippen molar-refractivity contribution in [2.45, 2.75) is 27.0 Å². The van der Waals surface area contributed by atoms with Gasteiger partial charge in [0.1, 0.15) is 5.75 Å². The van der Waals surface area contributed by atoms with Gasteiger partial charge in [0, 0.05) is 44.8 Å². The Balaban J connectivity index is 1.93. The van der Waals surface area contributed by atoms with Crippen LogP contribution in [0.4, 0.5) is 0 Å². The quantitative estimate of drug-likeness (QED) is 0.869. The van der Waals surface area contributed by atoms with Gasteiger partial charge in [-0.25, -0.2) is 0 Å². The highest BCUT2D eigenvalue weighted by Crippen LogP contribution is 2.22. The second-order valence-electron chi connectivity index (χ2n) is 6.27. The van der Waals surface area contributed by atoms with Crippen LogP contribution in [0.25, 0.3) is 0 Å². The average Bonchev–Trinajstić information content (AvgIpc) is 2.48. The van der Waals surface area contributed by atoms with E-state index >= 15 is 0 Å². The molecule has 1 aromatic rings. The Hall–Kier alpha value is -1.10. The van der Waals surface area contributed by atoms with Crippen LogP contribution in [0.15, 0.2) is 18.2 Å². The van der Waals surface area contributed by atoms with Crippen molar-refractivity contribution in [1.29, 1.82) is 0 Å². The number of ether oxygens (including phenoxy) is 1. The number of rotatable bonds is 6. The van der Waals surface area contributed by atoms with Gasteiger partial charge in [-0.3, -0.25) is 4.90 Å². The first-order valence-corrected chi connectivity index (χ1v) is 7.83. The largest absolute Gasteiger partial charge is 0.496 e. The van der Waals surface area contributed by atoms with Crippen LogP contribution in [0.1, 0.15) is 25.0 Å². The van der Waals surface area contributed by atoms with E-state index in [1.54, 1.807) is 7.11 Å². The Labute approximate surface area is 128 Å². The fourth-order valence-corrected chi connectivity index (χ4v) is 2.94. The molecule has 21 heavy (non-hydrogen) atoms. The third-order valence-electron chi connectivity index (χ3n) is 4.01. The lowest BCUT2D eigenvalue weighted by atomic mass is 10.1. The number of hydrogen-bond donors (Lipinski definition) is 1. The molecule has 0 unspecified atom stereocenters. The lowest BCUT2D eigenvalue weighted by Crippen LogP contribution is -2.46. The Kier molecular flexibility index (Phi) is 6.03. The highest BCUT2D eigenvalue weighted by Gasteiger charge is 2.18. The molecule has 0 atom stereocenters. The molecule has 0 aliphatic carbocycles. The summed E-state index contributed by atoms with van der Waals surface area (Å²) >= 11 is 0. The monoisotopic (exact) mass is 292 g/mol. The Morgan fingerprint density at radius 3 is 2.38 bits per heavy atom. The first-order valence-electron chi connectivity index (χ1n) is 7.83. The molecule has 0 radical (unpaired) electrons. The van der Waals surface area contributed by atoms with Gasteiger partial charge in [-0.15, -0.1) is 0 Å². The zero-order valence-electron chi connectivity index (χ0n) is 13.5. The minimum absolute atomic E-state index is 0.0825. The van der Waals surface area contributed by atoms with Gasteiger partial charge < -0.3 is 14.7 Å². The van der Waals surface area contributed by atoms with Gasteiger partial charge in [0.2, 0.25) is 0 Å². The maximum absolute atomic E-state index is 9.29. The fraction of sp³-hybridized carbons (Fsp3) is 0.647. The van der Waals surface area contributed by atoms with Gasteiger partial charge in [-0.1, -0.05) is 19.9 Å². The molecular formula is C17H28N2O2. The molecule has 1 fully saturated rings. The fourth-order valence-electron chi connectivity index (χ4n) is 2.94. The molecule has 1 N–H and O–H groups in total. The summed E-state index contributed by atoms with van der Waals surface area (Å²) in [7, 11) is 1.71. The van der Waals surface area contributed by atoms with Crippen molar-refractivity contribution in [3.63, 3.8) is 0 Å². The predicted octanol–water partition coefficient (Wildman–Crippen LogP) is 1.96. The molecule has 1 heterocycles. The van der Waals surface area contributed by atoms with E-state index in [1.165, 1.54) is 12.1 Å². The first kappa shape index (κ1) is 16.3. The van der Waals surface area contributed by atoms with E-state index in [1.807, 2.05) is 12.1 Å². The minimum atomic E-state index is 0.0825. The average molecular weight is 292 g/mol. The molecule has 0 bridgehead atoms. The molecule has 0 aromatic heterocycles. The summed E-state index contributed by atoms with van der Waals surface area (Å²) in [4.78, 5) is 5.01. The Morgan fingerprint density at radius 1 is 1.14 bits per heavy atom. The predicted molar refractivity (Wildman–Crippen MR) is 85.5 cm³/mol. The molecule has 118 valence electrons. The SMILES string of the molecule is COc1ccc(CO)cc1CN1CCN(CC(C)C)CC1. The second-order valence-corrected chi connectivity index (χ2v) is 6.27. The van der Waals surface area contributed by atoms with Crippen molar-refractivity contribution in [3.05, 3.63) is 29.3 Å². The van der Waals surface area contributed by atoms with Crippen LogP contribution in [-0.4, -0.2) is 54.7 Å². The van der Waals surface area contributed by atoms with E-state index in [4.69, 9.17) is 4.74 Å². The molecule has 4 nitrogen and oxygen atoms in total. The molecule has 0 amide bonds. The van der Waals surface area contributed by atoms with Gasteiger partial charge >= 0.3 is 0 Å². The summed E-state index contributed by atoms with van der Waals surface area (Å²) in [5.41, 5.74) is 2.12. The summed E-state index contributed by atoms with van der Waals surface area (Å²) < 4.78 is 5.44. The molecule has 1 aliphatic heterocycles. The van der Waals surface area contributed by atoms with Gasteiger partial charge in [-0.2, -0.15) is 0 Å². The van der Waals surface area contributed by atoms with Crippen molar-refractivity contribution in [2.75, 3.05) is 39.8 Å². The highest BCUT2D eigenvalue weighted by molar-refractivity contribution is 5.37. The normalized spacial score (nSPS) is 17.4. The van der Waals surface area contributed by atoms with E-state index in [0.29, 0.717) is 0 Å². The van der Waals surface area contributed by atoms with E-state index in [-0.39, 0.29) is 6.61 Å². The molecular weight excluding hydrogens is 264 g/mol. The summed E-state index contributed by atoms with van der Waals surface area (Å²) in [6.45, 7) is 11.2. The van der Waals surface area contributed by atoms with Crippen LogP contribution in [0, 0.1) is 5.92 Å². The van der Waals surface area contributed by atoms with Crippen LogP contribution >= 0.6 is 0 Å². The topological polar surface area (TPSA) is 35.9 Å². The van der Waals surface area contributed by atoms with Crippen LogP contribution in [0.2, 0.25) is 0 Å². The van der Waals surface area contributed by atoms with Crippen LogP contribution in [-0.2, 0) is 13.2 Å². The molecule has 0 saturated carbocycles. The molecule has 1 saturated heterocycles. The second kappa shape index (κ2) is 7.78. The lowest BCUT2D eigenvalue weighted by Gasteiger charge is -2.35. The molecule has 0 spiro atoms.